The summed E-state index contributed by atoms with van der Waals surface area (Å²) in [6, 6.07) is 10.00. The van der Waals surface area contributed by atoms with Crippen molar-refractivity contribution in [2.45, 2.75) is 27.3 Å². The second kappa shape index (κ2) is 5.87. The predicted molar refractivity (Wildman–Crippen MR) is 82.6 cm³/mol. The van der Waals surface area contributed by atoms with Gasteiger partial charge < -0.3 is 15.2 Å². The van der Waals surface area contributed by atoms with Crippen molar-refractivity contribution in [1.82, 2.24) is 0 Å². The van der Waals surface area contributed by atoms with Crippen LogP contribution in [-0.4, -0.2) is 12.2 Å². The number of hydrogen-bond acceptors (Lipinski definition) is 3. The van der Waals surface area contributed by atoms with Crippen LogP contribution in [0.3, 0.4) is 0 Å². The maximum absolute atomic E-state index is 9.78. The Bertz CT molecular complexity index is 597. The van der Waals surface area contributed by atoms with Gasteiger partial charge in [0.15, 0.2) is 0 Å². The summed E-state index contributed by atoms with van der Waals surface area (Å²) in [7, 11) is 1.67. The molecule has 0 heterocycles. The molecule has 2 aromatic carbocycles. The third-order valence-electron chi connectivity index (χ3n) is 3.47. The topological polar surface area (TPSA) is 41.5 Å². The van der Waals surface area contributed by atoms with Crippen molar-refractivity contribution in [2.24, 2.45) is 0 Å². The minimum Gasteiger partial charge on any atom is -0.507 e. The number of nitrogens with one attached hydrogen (secondary N) is 1. The molecule has 0 saturated heterocycles. The van der Waals surface area contributed by atoms with E-state index in [1.807, 2.05) is 44.2 Å². The average molecular weight is 271 g/mol. The first kappa shape index (κ1) is 14.3. The lowest BCUT2D eigenvalue weighted by atomic mass is 10.1. The summed E-state index contributed by atoms with van der Waals surface area (Å²) < 4.78 is 5.20. The zero-order valence-electron chi connectivity index (χ0n) is 12.4. The Morgan fingerprint density at radius 1 is 1.00 bits per heavy atom. The second-order valence-electron chi connectivity index (χ2n) is 5.11. The molecule has 0 fully saturated rings. The van der Waals surface area contributed by atoms with Gasteiger partial charge in [0.05, 0.1) is 7.11 Å². The molecule has 3 heteroatoms. The molecule has 0 atom stereocenters. The number of aryl methyl sites for hydroxylation is 3. The molecule has 0 unspecified atom stereocenters. The average Bonchev–Trinajstić information content (AvgIpc) is 2.43. The first-order valence-corrected chi connectivity index (χ1v) is 6.69. The number of phenolic OH excluding ortho intramolecular Hbond substituents is 1. The molecule has 2 aromatic rings. The zero-order chi connectivity index (χ0) is 14.7. The van der Waals surface area contributed by atoms with E-state index < -0.39 is 0 Å². The lowest BCUT2D eigenvalue weighted by molar-refractivity contribution is 0.414. The van der Waals surface area contributed by atoms with Crippen molar-refractivity contribution < 1.29 is 9.84 Å². The Kier molecular flexibility index (Phi) is 4.18. The van der Waals surface area contributed by atoms with Crippen molar-refractivity contribution in [3.05, 3.63) is 52.6 Å². The molecule has 106 valence electrons. The fourth-order valence-electron chi connectivity index (χ4n) is 2.31. The molecule has 0 amide bonds. The van der Waals surface area contributed by atoms with Gasteiger partial charge in [0.25, 0.3) is 0 Å². The standard InChI is InChI=1S/C17H21NO2/c1-11-9-15(20-4)5-6-16(11)18-10-14-7-12(2)17(19)13(3)8-14/h5-9,18-19H,10H2,1-4H3. The molecule has 0 saturated carbocycles. The Labute approximate surface area is 120 Å². The lowest BCUT2D eigenvalue weighted by Gasteiger charge is -2.12. The summed E-state index contributed by atoms with van der Waals surface area (Å²) in [5.41, 5.74) is 5.22. The number of benzene rings is 2. The predicted octanol–water partition coefficient (Wildman–Crippen LogP) is 3.94. The van der Waals surface area contributed by atoms with Crippen molar-refractivity contribution in [3.63, 3.8) is 0 Å². The summed E-state index contributed by atoms with van der Waals surface area (Å²) in [5.74, 6) is 1.25. The van der Waals surface area contributed by atoms with Crippen LogP contribution >= 0.6 is 0 Å². The molecular weight excluding hydrogens is 250 g/mol. The second-order valence-corrected chi connectivity index (χ2v) is 5.11. The van der Waals surface area contributed by atoms with Gasteiger partial charge in [-0.25, -0.2) is 0 Å². The van der Waals surface area contributed by atoms with Crippen LogP contribution in [-0.2, 0) is 6.54 Å². The normalized spacial score (nSPS) is 10.4. The minimum atomic E-state index is 0.384. The number of methoxy groups -OCH3 is 1. The highest BCUT2D eigenvalue weighted by Crippen LogP contribution is 2.25. The number of ether oxygens (including phenoxy) is 1. The Morgan fingerprint density at radius 3 is 2.20 bits per heavy atom. The van der Waals surface area contributed by atoms with Gasteiger partial charge >= 0.3 is 0 Å². The maximum atomic E-state index is 9.78. The molecule has 0 aromatic heterocycles. The Balaban J connectivity index is 2.13. The van der Waals surface area contributed by atoms with Crippen LogP contribution in [0, 0.1) is 20.8 Å². The van der Waals surface area contributed by atoms with Gasteiger partial charge in [0, 0.05) is 12.2 Å². The van der Waals surface area contributed by atoms with Gasteiger partial charge in [-0.05, 0) is 61.2 Å². The van der Waals surface area contributed by atoms with E-state index in [0.29, 0.717) is 5.75 Å². The van der Waals surface area contributed by atoms with E-state index in [2.05, 4.69) is 12.2 Å². The number of anilines is 1. The van der Waals surface area contributed by atoms with E-state index >= 15 is 0 Å². The van der Waals surface area contributed by atoms with E-state index in [0.717, 1.165) is 40.2 Å². The van der Waals surface area contributed by atoms with E-state index in [4.69, 9.17) is 4.74 Å². The molecule has 0 aliphatic carbocycles. The van der Waals surface area contributed by atoms with Crippen LogP contribution in [0.15, 0.2) is 30.3 Å². The van der Waals surface area contributed by atoms with Crippen molar-refractivity contribution >= 4 is 5.69 Å². The SMILES string of the molecule is COc1ccc(NCc2cc(C)c(O)c(C)c2)c(C)c1. The van der Waals surface area contributed by atoms with Crippen LogP contribution in [0.4, 0.5) is 5.69 Å². The summed E-state index contributed by atoms with van der Waals surface area (Å²) in [6.45, 7) is 6.63. The van der Waals surface area contributed by atoms with Gasteiger partial charge in [-0.2, -0.15) is 0 Å². The van der Waals surface area contributed by atoms with Crippen LogP contribution in [0.25, 0.3) is 0 Å². The van der Waals surface area contributed by atoms with Crippen molar-refractivity contribution in [2.75, 3.05) is 12.4 Å². The summed E-state index contributed by atoms with van der Waals surface area (Å²) in [6.07, 6.45) is 0. The summed E-state index contributed by atoms with van der Waals surface area (Å²) >= 11 is 0. The molecule has 0 radical (unpaired) electrons. The highest BCUT2D eigenvalue weighted by molar-refractivity contribution is 5.54. The molecule has 0 aliphatic rings. The largest absolute Gasteiger partial charge is 0.507 e. The third-order valence-corrected chi connectivity index (χ3v) is 3.47. The summed E-state index contributed by atoms with van der Waals surface area (Å²) in [4.78, 5) is 0. The zero-order valence-corrected chi connectivity index (χ0v) is 12.4. The van der Waals surface area contributed by atoms with Gasteiger partial charge in [0.1, 0.15) is 11.5 Å². The molecular formula is C17H21NO2. The number of hydrogen-bond donors (Lipinski definition) is 2. The first-order valence-electron chi connectivity index (χ1n) is 6.69. The van der Waals surface area contributed by atoms with Crippen LogP contribution in [0.1, 0.15) is 22.3 Å². The highest BCUT2D eigenvalue weighted by atomic mass is 16.5. The van der Waals surface area contributed by atoms with Gasteiger partial charge in [0.2, 0.25) is 0 Å². The monoisotopic (exact) mass is 271 g/mol. The van der Waals surface area contributed by atoms with E-state index in [1.54, 1.807) is 7.11 Å². The summed E-state index contributed by atoms with van der Waals surface area (Å²) in [5, 5.41) is 13.2. The Morgan fingerprint density at radius 2 is 1.65 bits per heavy atom. The van der Waals surface area contributed by atoms with Crippen LogP contribution < -0.4 is 10.1 Å². The van der Waals surface area contributed by atoms with Gasteiger partial charge in [-0.1, -0.05) is 12.1 Å². The minimum absolute atomic E-state index is 0.384. The third kappa shape index (κ3) is 3.05. The van der Waals surface area contributed by atoms with E-state index in [1.165, 1.54) is 0 Å². The van der Waals surface area contributed by atoms with Crippen LogP contribution in [0.5, 0.6) is 11.5 Å². The number of rotatable bonds is 4. The fraction of sp³-hybridized carbons (Fsp3) is 0.294. The maximum Gasteiger partial charge on any atom is 0.121 e. The van der Waals surface area contributed by atoms with Crippen LogP contribution in [0.2, 0.25) is 0 Å². The molecule has 0 aliphatic heterocycles. The highest BCUT2D eigenvalue weighted by Gasteiger charge is 2.04. The smallest absolute Gasteiger partial charge is 0.121 e. The molecule has 20 heavy (non-hydrogen) atoms. The van der Waals surface area contributed by atoms with Crippen molar-refractivity contribution in [1.29, 1.82) is 0 Å². The molecule has 2 rings (SSSR count). The first-order chi connectivity index (χ1) is 9.51. The molecule has 0 bridgehead atoms. The Hall–Kier alpha value is -2.16. The molecule has 2 N–H and O–H groups in total. The quantitative estimate of drug-likeness (QED) is 0.885. The number of phenols is 1. The fourth-order valence-corrected chi connectivity index (χ4v) is 2.31. The number of aromatic hydroxyl groups is 1. The molecule has 3 nitrogen and oxygen atoms in total. The van der Waals surface area contributed by atoms with E-state index in [9.17, 15) is 5.11 Å². The van der Waals surface area contributed by atoms with Gasteiger partial charge in [-0.3, -0.25) is 0 Å². The van der Waals surface area contributed by atoms with Crippen molar-refractivity contribution in [3.8, 4) is 11.5 Å². The molecule has 0 spiro atoms. The van der Waals surface area contributed by atoms with E-state index in [-0.39, 0.29) is 0 Å². The lowest BCUT2D eigenvalue weighted by Crippen LogP contribution is -2.02. The van der Waals surface area contributed by atoms with Gasteiger partial charge in [-0.15, -0.1) is 0 Å².